The van der Waals surface area contributed by atoms with Crippen molar-refractivity contribution in [1.82, 2.24) is 14.6 Å². The first-order valence-corrected chi connectivity index (χ1v) is 5.38. The molecule has 0 aliphatic rings. The summed E-state index contributed by atoms with van der Waals surface area (Å²) in [6, 6.07) is 11.2. The number of pyridine rings is 1. The molecule has 0 spiro atoms. The highest BCUT2D eigenvalue weighted by Crippen LogP contribution is 2.18. The molecule has 4 nitrogen and oxygen atoms in total. The zero-order valence-electron chi connectivity index (χ0n) is 9.34. The molecule has 2 aromatic heterocycles. The maximum absolute atomic E-state index is 11.2. The second-order valence-corrected chi connectivity index (χ2v) is 4.03. The molecular weight excluding hydrogens is 214 g/mol. The average Bonchev–Trinajstić information content (AvgIpc) is 2.71. The fraction of sp³-hybridized carbons (Fsp3) is 0.0769. The lowest BCUT2D eigenvalue weighted by molar-refractivity contribution is 1.11. The van der Waals surface area contributed by atoms with Crippen LogP contribution in [0.4, 0.5) is 0 Å². The van der Waals surface area contributed by atoms with Crippen LogP contribution in [0.2, 0.25) is 0 Å². The van der Waals surface area contributed by atoms with Crippen molar-refractivity contribution < 1.29 is 0 Å². The van der Waals surface area contributed by atoms with E-state index in [0.717, 1.165) is 11.4 Å². The van der Waals surface area contributed by atoms with Crippen molar-refractivity contribution in [2.24, 2.45) is 0 Å². The van der Waals surface area contributed by atoms with E-state index in [1.165, 1.54) is 17.7 Å². The van der Waals surface area contributed by atoms with Crippen LogP contribution in [0.3, 0.4) is 0 Å². The maximum Gasteiger partial charge on any atom is 0.183 e. The highest BCUT2D eigenvalue weighted by molar-refractivity contribution is 5.60. The molecule has 0 unspecified atom stereocenters. The molecule has 0 saturated heterocycles. The van der Waals surface area contributed by atoms with Gasteiger partial charge in [0.25, 0.3) is 0 Å². The first kappa shape index (κ1) is 9.84. The van der Waals surface area contributed by atoms with E-state index in [-0.39, 0.29) is 5.43 Å². The second-order valence-electron chi connectivity index (χ2n) is 4.03. The summed E-state index contributed by atoms with van der Waals surface area (Å²) < 4.78 is 1.87. The summed E-state index contributed by atoms with van der Waals surface area (Å²) in [4.78, 5) is 11.2. The van der Waals surface area contributed by atoms with Crippen molar-refractivity contribution in [2.75, 3.05) is 0 Å². The van der Waals surface area contributed by atoms with Crippen LogP contribution < -0.4 is 5.43 Å². The van der Waals surface area contributed by atoms with Gasteiger partial charge >= 0.3 is 0 Å². The minimum atomic E-state index is -0.0237. The first-order chi connectivity index (χ1) is 8.24. The summed E-state index contributed by atoms with van der Waals surface area (Å²) in [5, 5.41) is 7.11. The predicted octanol–water partition coefficient (Wildman–Crippen LogP) is 2.00. The maximum atomic E-state index is 11.2. The molecule has 84 valence electrons. The van der Waals surface area contributed by atoms with Crippen molar-refractivity contribution in [2.45, 2.75) is 6.92 Å². The summed E-state index contributed by atoms with van der Waals surface area (Å²) in [6.45, 7) is 2.04. The quantitative estimate of drug-likeness (QED) is 0.688. The minimum Gasteiger partial charge on any atom is -0.290 e. The molecule has 3 aromatic rings. The number of aromatic nitrogens is 3. The van der Waals surface area contributed by atoms with Gasteiger partial charge in [0.15, 0.2) is 11.3 Å². The van der Waals surface area contributed by atoms with Gasteiger partial charge in [-0.25, -0.2) is 0 Å². The van der Waals surface area contributed by atoms with Gasteiger partial charge in [0, 0.05) is 23.9 Å². The first-order valence-electron chi connectivity index (χ1n) is 5.38. The molecule has 0 aliphatic carbocycles. The van der Waals surface area contributed by atoms with Gasteiger partial charge in [0.2, 0.25) is 0 Å². The fourth-order valence-electron chi connectivity index (χ4n) is 1.90. The Labute approximate surface area is 97.5 Å². The SMILES string of the molecule is Cc1cccc(-c2n[nH]c3cc(=O)ccn23)c1. The van der Waals surface area contributed by atoms with Crippen LogP contribution in [0.5, 0.6) is 0 Å². The Kier molecular flexibility index (Phi) is 2.08. The van der Waals surface area contributed by atoms with Gasteiger partial charge in [-0.2, -0.15) is 5.10 Å². The Morgan fingerprint density at radius 1 is 1.24 bits per heavy atom. The predicted molar refractivity (Wildman–Crippen MR) is 66.0 cm³/mol. The lowest BCUT2D eigenvalue weighted by Crippen LogP contribution is -1.99. The minimum absolute atomic E-state index is 0.0237. The molecule has 2 heterocycles. The Morgan fingerprint density at radius 3 is 2.94 bits per heavy atom. The molecule has 4 heteroatoms. The number of nitrogens with zero attached hydrogens (tertiary/aromatic N) is 2. The number of H-pyrrole nitrogens is 1. The van der Waals surface area contributed by atoms with Gasteiger partial charge in [-0.3, -0.25) is 14.3 Å². The van der Waals surface area contributed by atoms with Gasteiger partial charge in [-0.1, -0.05) is 23.8 Å². The Bertz CT molecular complexity index is 740. The van der Waals surface area contributed by atoms with E-state index in [9.17, 15) is 4.79 Å². The van der Waals surface area contributed by atoms with Crippen LogP contribution in [0.15, 0.2) is 47.4 Å². The molecule has 1 aromatic carbocycles. The number of benzene rings is 1. The van der Waals surface area contributed by atoms with Crippen molar-refractivity contribution in [3.05, 3.63) is 58.4 Å². The Hall–Kier alpha value is -2.36. The molecule has 17 heavy (non-hydrogen) atoms. The van der Waals surface area contributed by atoms with Crippen molar-refractivity contribution in [3.8, 4) is 11.4 Å². The van der Waals surface area contributed by atoms with Crippen LogP contribution >= 0.6 is 0 Å². The van der Waals surface area contributed by atoms with Crippen LogP contribution in [0.1, 0.15) is 5.56 Å². The van der Waals surface area contributed by atoms with E-state index in [4.69, 9.17) is 0 Å². The number of hydrogen-bond donors (Lipinski definition) is 1. The van der Waals surface area contributed by atoms with Crippen LogP contribution in [0, 0.1) is 6.92 Å². The third-order valence-electron chi connectivity index (χ3n) is 2.71. The molecule has 1 N–H and O–H groups in total. The summed E-state index contributed by atoms with van der Waals surface area (Å²) in [5.74, 6) is 0.809. The third kappa shape index (κ3) is 1.63. The molecule has 0 fully saturated rings. The highest BCUT2D eigenvalue weighted by Gasteiger charge is 2.06. The third-order valence-corrected chi connectivity index (χ3v) is 2.71. The van der Waals surface area contributed by atoms with Crippen LogP contribution in [-0.4, -0.2) is 14.6 Å². The van der Waals surface area contributed by atoms with Crippen molar-refractivity contribution in [3.63, 3.8) is 0 Å². The lowest BCUT2D eigenvalue weighted by Gasteiger charge is -2.00. The number of aryl methyl sites for hydroxylation is 1. The molecule has 3 rings (SSSR count). The Morgan fingerprint density at radius 2 is 2.12 bits per heavy atom. The number of fused-ring (bicyclic) bond motifs is 1. The van der Waals surface area contributed by atoms with Crippen molar-refractivity contribution >= 4 is 5.65 Å². The molecule has 0 saturated carbocycles. The van der Waals surface area contributed by atoms with Gasteiger partial charge in [-0.15, -0.1) is 0 Å². The zero-order chi connectivity index (χ0) is 11.8. The topological polar surface area (TPSA) is 50.2 Å². The lowest BCUT2D eigenvalue weighted by atomic mass is 10.1. The molecule has 0 atom stereocenters. The zero-order valence-corrected chi connectivity index (χ0v) is 9.34. The van der Waals surface area contributed by atoms with Gasteiger partial charge in [0.05, 0.1) is 0 Å². The van der Waals surface area contributed by atoms with E-state index in [1.54, 1.807) is 6.20 Å². The number of aromatic amines is 1. The molecule has 0 radical (unpaired) electrons. The number of hydrogen-bond acceptors (Lipinski definition) is 2. The Balaban J connectivity index is 2.28. The van der Waals surface area contributed by atoms with E-state index in [1.807, 2.05) is 29.5 Å². The largest absolute Gasteiger partial charge is 0.290 e. The van der Waals surface area contributed by atoms with E-state index in [2.05, 4.69) is 16.3 Å². The highest BCUT2D eigenvalue weighted by atomic mass is 16.1. The van der Waals surface area contributed by atoms with Crippen LogP contribution in [0.25, 0.3) is 17.0 Å². The molecule has 0 bridgehead atoms. The van der Waals surface area contributed by atoms with E-state index < -0.39 is 0 Å². The standard InChI is InChI=1S/C13H11N3O/c1-9-3-2-4-10(7-9)13-15-14-12-8-11(17)5-6-16(12)13/h2-8,14H,1H3. The number of nitrogens with one attached hydrogen (secondary N) is 1. The molecular formula is C13H11N3O. The average molecular weight is 225 g/mol. The van der Waals surface area contributed by atoms with Gasteiger partial charge < -0.3 is 0 Å². The monoisotopic (exact) mass is 225 g/mol. The normalized spacial score (nSPS) is 10.9. The van der Waals surface area contributed by atoms with E-state index in [0.29, 0.717) is 5.65 Å². The summed E-state index contributed by atoms with van der Waals surface area (Å²) in [6.07, 6.45) is 1.73. The summed E-state index contributed by atoms with van der Waals surface area (Å²) >= 11 is 0. The van der Waals surface area contributed by atoms with Gasteiger partial charge in [0.1, 0.15) is 5.65 Å². The summed E-state index contributed by atoms with van der Waals surface area (Å²) in [5.41, 5.74) is 2.89. The summed E-state index contributed by atoms with van der Waals surface area (Å²) in [7, 11) is 0. The van der Waals surface area contributed by atoms with Gasteiger partial charge in [-0.05, 0) is 13.0 Å². The van der Waals surface area contributed by atoms with Crippen molar-refractivity contribution in [1.29, 1.82) is 0 Å². The smallest absolute Gasteiger partial charge is 0.183 e. The number of rotatable bonds is 1. The molecule has 0 amide bonds. The molecule has 0 aliphatic heterocycles. The fourth-order valence-corrected chi connectivity index (χ4v) is 1.90. The second kappa shape index (κ2) is 3.59. The van der Waals surface area contributed by atoms with Crippen LogP contribution in [-0.2, 0) is 0 Å². The van der Waals surface area contributed by atoms with E-state index >= 15 is 0 Å².